The third-order valence-corrected chi connectivity index (χ3v) is 7.74. The van der Waals surface area contributed by atoms with E-state index in [1.807, 2.05) is 54.6 Å². The van der Waals surface area contributed by atoms with Crippen LogP contribution in [0.1, 0.15) is 33.6 Å². The van der Waals surface area contributed by atoms with E-state index < -0.39 is 0 Å². The second-order valence-electron chi connectivity index (χ2n) is 8.26. The van der Waals surface area contributed by atoms with Crippen LogP contribution < -0.4 is 10.2 Å². The molecule has 1 fully saturated rings. The number of hydrogen-bond donors (Lipinski definition) is 1. The van der Waals surface area contributed by atoms with Gasteiger partial charge in [0, 0.05) is 27.0 Å². The first-order valence-corrected chi connectivity index (χ1v) is 12.7. The fourth-order valence-electron chi connectivity index (χ4n) is 3.86. The first-order chi connectivity index (χ1) is 16.7. The quantitative estimate of drug-likeness (QED) is 0.361. The highest BCUT2D eigenvalue weighted by molar-refractivity contribution is 7.99. The molecule has 1 aliphatic carbocycles. The number of rotatable bonds is 3. The molecule has 2 amide bonds. The van der Waals surface area contributed by atoms with Crippen molar-refractivity contribution in [2.75, 3.05) is 16.8 Å². The van der Waals surface area contributed by atoms with Gasteiger partial charge in [0.25, 0.3) is 11.8 Å². The van der Waals surface area contributed by atoms with Gasteiger partial charge in [-0.15, -0.1) is 11.3 Å². The van der Waals surface area contributed by atoms with Crippen LogP contribution >= 0.6 is 23.1 Å². The van der Waals surface area contributed by atoms with Crippen LogP contribution in [0.15, 0.2) is 76.0 Å². The van der Waals surface area contributed by atoms with Crippen LogP contribution in [0.2, 0.25) is 0 Å². The van der Waals surface area contributed by atoms with Crippen molar-refractivity contribution >= 4 is 56.5 Å². The molecule has 5 nitrogen and oxygen atoms in total. The maximum atomic E-state index is 13.4. The zero-order valence-electron chi connectivity index (χ0n) is 18.1. The smallest absolute Gasteiger partial charge is 0.260 e. The van der Waals surface area contributed by atoms with Gasteiger partial charge in [-0.2, -0.15) is 0 Å². The number of anilines is 2. The van der Waals surface area contributed by atoms with Gasteiger partial charge in [-0.1, -0.05) is 35.7 Å². The minimum Gasteiger partial charge on any atom is -0.322 e. The predicted molar refractivity (Wildman–Crippen MR) is 137 cm³/mol. The summed E-state index contributed by atoms with van der Waals surface area (Å²) in [5, 5.41) is 2.99. The zero-order chi connectivity index (χ0) is 23.1. The third kappa shape index (κ3) is 4.07. The Morgan fingerprint density at radius 2 is 1.97 bits per heavy atom. The maximum Gasteiger partial charge on any atom is 0.260 e. The molecule has 6 rings (SSSR count). The first-order valence-electron chi connectivity index (χ1n) is 11.0. The van der Waals surface area contributed by atoms with Gasteiger partial charge < -0.3 is 5.32 Å². The van der Waals surface area contributed by atoms with Gasteiger partial charge in [-0.05, 0) is 61.4 Å². The first kappa shape index (κ1) is 21.0. The Morgan fingerprint density at radius 1 is 1.09 bits per heavy atom. The average molecular weight is 482 g/mol. The van der Waals surface area contributed by atoms with Crippen LogP contribution in [0.5, 0.6) is 0 Å². The molecule has 1 N–H and O–H groups in total. The van der Waals surface area contributed by atoms with E-state index in [1.165, 1.54) is 11.8 Å². The normalized spacial score (nSPS) is 14.6. The van der Waals surface area contributed by atoms with Crippen LogP contribution in [-0.4, -0.2) is 23.3 Å². The Kier molecular flexibility index (Phi) is 5.33. The van der Waals surface area contributed by atoms with Crippen molar-refractivity contribution in [3.05, 3.63) is 77.3 Å². The summed E-state index contributed by atoms with van der Waals surface area (Å²) in [6.45, 7) is 0.344. The Bertz CT molecular complexity index is 1510. The molecule has 0 unspecified atom stereocenters. The SMILES string of the molecule is O=C(Nc1ccc2c(c1)Sc1ccccc1C(=O)N2CC#CC1CC1)c1ccc2scnc2c1. The Morgan fingerprint density at radius 3 is 2.85 bits per heavy atom. The average Bonchev–Trinajstić information content (AvgIpc) is 3.57. The molecule has 0 radical (unpaired) electrons. The third-order valence-electron chi connectivity index (χ3n) is 5.80. The van der Waals surface area contributed by atoms with Crippen LogP contribution in [0.4, 0.5) is 11.4 Å². The van der Waals surface area contributed by atoms with E-state index in [-0.39, 0.29) is 11.8 Å². The molecule has 0 bridgehead atoms. The topological polar surface area (TPSA) is 62.3 Å². The number of fused-ring (bicyclic) bond motifs is 3. The summed E-state index contributed by atoms with van der Waals surface area (Å²) in [5.41, 5.74) is 5.28. The minimum atomic E-state index is -0.197. The number of carbonyl (C=O) groups is 2. The summed E-state index contributed by atoms with van der Waals surface area (Å²) >= 11 is 3.08. The lowest BCUT2D eigenvalue weighted by atomic mass is 10.1. The van der Waals surface area contributed by atoms with Crippen molar-refractivity contribution in [3.63, 3.8) is 0 Å². The van der Waals surface area contributed by atoms with E-state index in [0.717, 1.165) is 38.5 Å². The van der Waals surface area contributed by atoms with Crippen molar-refractivity contribution in [2.24, 2.45) is 5.92 Å². The van der Waals surface area contributed by atoms with Crippen LogP contribution in [0, 0.1) is 17.8 Å². The number of hydrogen-bond acceptors (Lipinski definition) is 5. The maximum absolute atomic E-state index is 13.4. The monoisotopic (exact) mass is 481 g/mol. The standard InChI is InChI=1S/C27H19N3O2S2/c31-26(18-9-12-24-21(14-18)28-16-33-24)29-19-10-11-22-25(15-19)34-23-6-2-1-5-20(23)27(32)30(22)13-3-4-17-7-8-17/h1-2,5-6,9-12,14-17H,7-8,13H2,(H,29,31). The lowest BCUT2D eigenvalue weighted by Gasteiger charge is -2.21. The molecule has 2 heterocycles. The highest BCUT2D eigenvalue weighted by Gasteiger charge is 2.27. The number of benzene rings is 3. The molecule has 1 aromatic heterocycles. The van der Waals surface area contributed by atoms with E-state index in [1.54, 1.807) is 27.8 Å². The highest BCUT2D eigenvalue weighted by Crippen LogP contribution is 2.42. The number of thiazole rings is 1. The zero-order valence-corrected chi connectivity index (χ0v) is 19.7. The summed E-state index contributed by atoms with van der Waals surface area (Å²) in [6.07, 6.45) is 2.30. The molecular formula is C27H19N3O2S2. The molecule has 1 aliphatic heterocycles. The second kappa shape index (κ2) is 8.64. The molecule has 1 saturated carbocycles. The molecule has 2 aliphatic rings. The summed E-state index contributed by atoms with van der Waals surface area (Å²) in [6, 6.07) is 18.8. The summed E-state index contributed by atoms with van der Waals surface area (Å²) < 4.78 is 1.05. The fraction of sp³-hybridized carbons (Fsp3) is 0.148. The fourth-order valence-corrected chi connectivity index (χ4v) is 5.63. The molecule has 7 heteroatoms. The predicted octanol–water partition coefficient (Wildman–Crippen LogP) is 6.07. The van der Waals surface area contributed by atoms with Gasteiger partial charge in [0.1, 0.15) is 0 Å². The van der Waals surface area contributed by atoms with Crippen molar-refractivity contribution in [2.45, 2.75) is 22.6 Å². The highest BCUT2D eigenvalue weighted by atomic mass is 32.2. The van der Waals surface area contributed by atoms with Crippen molar-refractivity contribution in [1.82, 2.24) is 4.98 Å². The van der Waals surface area contributed by atoms with Gasteiger partial charge in [0.15, 0.2) is 0 Å². The molecule has 3 aromatic carbocycles. The summed E-state index contributed by atoms with van der Waals surface area (Å²) in [4.78, 5) is 34.1. The number of aromatic nitrogens is 1. The van der Waals surface area contributed by atoms with Gasteiger partial charge >= 0.3 is 0 Å². The van der Waals surface area contributed by atoms with Crippen molar-refractivity contribution < 1.29 is 9.59 Å². The van der Waals surface area contributed by atoms with E-state index in [4.69, 9.17) is 0 Å². The Labute approximate surface area is 205 Å². The molecule has 34 heavy (non-hydrogen) atoms. The summed E-state index contributed by atoms with van der Waals surface area (Å²) in [7, 11) is 0. The lowest BCUT2D eigenvalue weighted by Crippen LogP contribution is -2.31. The van der Waals surface area contributed by atoms with E-state index in [2.05, 4.69) is 22.1 Å². The lowest BCUT2D eigenvalue weighted by molar-refractivity contribution is 0.0985. The molecule has 166 valence electrons. The molecule has 0 spiro atoms. The Hall–Kier alpha value is -3.60. The minimum absolute atomic E-state index is 0.0553. The van der Waals surface area contributed by atoms with Gasteiger partial charge in [-0.25, -0.2) is 4.98 Å². The van der Waals surface area contributed by atoms with Gasteiger partial charge in [-0.3, -0.25) is 14.5 Å². The van der Waals surface area contributed by atoms with Crippen LogP contribution in [-0.2, 0) is 0 Å². The van der Waals surface area contributed by atoms with Crippen molar-refractivity contribution in [1.29, 1.82) is 0 Å². The van der Waals surface area contributed by atoms with E-state index in [0.29, 0.717) is 29.3 Å². The largest absolute Gasteiger partial charge is 0.322 e. The molecular weight excluding hydrogens is 462 g/mol. The summed E-state index contributed by atoms with van der Waals surface area (Å²) in [5.74, 6) is 6.68. The van der Waals surface area contributed by atoms with Gasteiger partial charge in [0.2, 0.25) is 0 Å². The molecule has 4 aromatic rings. The number of nitrogens with zero attached hydrogens (tertiary/aromatic N) is 2. The second-order valence-corrected chi connectivity index (χ2v) is 10.2. The van der Waals surface area contributed by atoms with Crippen LogP contribution in [0.3, 0.4) is 0 Å². The number of nitrogens with one attached hydrogen (secondary N) is 1. The van der Waals surface area contributed by atoms with E-state index >= 15 is 0 Å². The van der Waals surface area contributed by atoms with E-state index in [9.17, 15) is 9.59 Å². The Balaban J connectivity index is 1.33. The van der Waals surface area contributed by atoms with Gasteiger partial charge in [0.05, 0.1) is 33.5 Å². The molecule has 0 saturated heterocycles. The number of carbonyl (C=O) groups excluding carboxylic acids is 2. The van der Waals surface area contributed by atoms with Crippen LogP contribution in [0.25, 0.3) is 10.2 Å². The molecule has 0 atom stereocenters. The van der Waals surface area contributed by atoms with Crippen molar-refractivity contribution in [3.8, 4) is 11.8 Å². The number of amides is 2.